The Kier molecular flexibility index (Phi) is 9.42. The van der Waals surface area contributed by atoms with Crippen LogP contribution < -0.4 is 19.1 Å². The maximum absolute atomic E-state index is 13.8. The van der Waals surface area contributed by atoms with Crippen molar-refractivity contribution in [3.8, 4) is 11.5 Å². The number of benzene rings is 2. The molecule has 0 radical (unpaired) electrons. The summed E-state index contributed by atoms with van der Waals surface area (Å²) in [5.74, 6) is 0.250. The molecule has 1 unspecified atom stereocenters. The Morgan fingerprint density at radius 2 is 1.78 bits per heavy atom. The highest BCUT2D eigenvalue weighted by molar-refractivity contribution is 7.92. The zero-order valence-corrected chi connectivity index (χ0v) is 23.0. The van der Waals surface area contributed by atoms with Gasteiger partial charge in [0.25, 0.3) is 0 Å². The number of nitrogens with zero attached hydrogens (tertiary/aromatic N) is 2. The molecule has 2 aromatic rings. The summed E-state index contributed by atoms with van der Waals surface area (Å²) in [5, 5.41) is 2.93. The molecule has 9 nitrogen and oxygen atoms in total. The van der Waals surface area contributed by atoms with Crippen LogP contribution in [0.3, 0.4) is 0 Å². The molecule has 0 saturated carbocycles. The number of hydrogen-bond acceptors (Lipinski definition) is 6. The third kappa shape index (κ3) is 7.15. The fourth-order valence-electron chi connectivity index (χ4n) is 4.11. The molecule has 0 saturated heterocycles. The summed E-state index contributed by atoms with van der Waals surface area (Å²) in [5.41, 5.74) is 2.18. The van der Waals surface area contributed by atoms with Gasteiger partial charge in [-0.25, -0.2) is 8.42 Å². The molecule has 3 rings (SSSR count). The summed E-state index contributed by atoms with van der Waals surface area (Å²) in [6.45, 7) is 9.57. The number of sulfonamides is 1. The van der Waals surface area contributed by atoms with Crippen molar-refractivity contribution < 1.29 is 27.5 Å². The molecule has 0 bridgehead atoms. The Balaban J connectivity index is 1.96. The first-order valence-electron chi connectivity index (χ1n) is 12.6. The summed E-state index contributed by atoms with van der Waals surface area (Å²) in [6.07, 6.45) is 0.381. The molecule has 1 heterocycles. The second-order valence-electron chi connectivity index (χ2n) is 9.52. The standard InChI is InChI=1S/C27H37N3O6S/c1-6-23(27(32)28-15-19(3)4)29(16-21-10-8-9-20(5)13-21)26(31)17-30(37(33,34)7-2)22-11-12-24-25(14-22)36-18-35-24/h8-14,19,23H,6-7,15-18H2,1-5H3,(H,28,32). The molecule has 10 heteroatoms. The van der Waals surface area contributed by atoms with Gasteiger partial charge >= 0.3 is 0 Å². The molecule has 0 aromatic heterocycles. The van der Waals surface area contributed by atoms with E-state index in [9.17, 15) is 18.0 Å². The molecular weight excluding hydrogens is 494 g/mol. The van der Waals surface area contributed by atoms with E-state index >= 15 is 0 Å². The fraction of sp³-hybridized carbons (Fsp3) is 0.481. The van der Waals surface area contributed by atoms with Crippen LogP contribution in [0.4, 0.5) is 5.69 Å². The summed E-state index contributed by atoms with van der Waals surface area (Å²) < 4.78 is 38.1. The molecule has 0 aliphatic carbocycles. The molecule has 202 valence electrons. The quantitative estimate of drug-likeness (QED) is 0.450. The number of aryl methyl sites for hydroxylation is 1. The average Bonchev–Trinajstić information content (AvgIpc) is 3.33. The smallest absolute Gasteiger partial charge is 0.244 e. The minimum absolute atomic E-state index is 0.0478. The lowest BCUT2D eigenvalue weighted by atomic mass is 10.1. The summed E-state index contributed by atoms with van der Waals surface area (Å²) in [7, 11) is -3.82. The lowest BCUT2D eigenvalue weighted by molar-refractivity contribution is -0.140. The molecule has 1 atom stereocenters. The molecule has 1 aliphatic heterocycles. The van der Waals surface area contributed by atoms with Crippen LogP contribution in [0.5, 0.6) is 11.5 Å². The number of hydrogen-bond donors (Lipinski definition) is 1. The Morgan fingerprint density at radius 1 is 1.05 bits per heavy atom. The maximum Gasteiger partial charge on any atom is 0.244 e. The zero-order valence-electron chi connectivity index (χ0n) is 22.2. The molecule has 37 heavy (non-hydrogen) atoms. The van der Waals surface area contributed by atoms with Crippen molar-refractivity contribution in [2.75, 3.05) is 29.9 Å². The van der Waals surface area contributed by atoms with E-state index in [2.05, 4.69) is 5.32 Å². The van der Waals surface area contributed by atoms with Crippen LogP contribution in [-0.4, -0.2) is 56.8 Å². The fourth-order valence-corrected chi connectivity index (χ4v) is 5.16. The number of rotatable bonds is 12. The number of carbonyl (C=O) groups excluding carboxylic acids is 2. The Labute approximate surface area is 219 Å². The van der Waals surface area contributed by atoms with Gasteiger partial charge in [0.1, 0.15) is 12.6 Å². The highest BCUT2D eigenvalue weighted by Crippen LogP contribution is 2.36. The largest absolute Gasteiger partial charge is 0.454 e. The van der Waals surface area contributed by atoms with Gasteiger partial charge in [0.05, 0.1) is 11.4 Å². The molecule has 2 amide bonds. The van der Waals surface area contributed by atoms with Gasteiger partial charge in [-0.15, -0.1) is 0 Å². The normalized spacial score (nSPS) is 13.4. The van der Waals surface area contributed by atoms with Crippen molar-refractivity contribution in [2.45, 2.75) is 53.6 Å². The van der Waals surface area contributed by atoms with Crippen LogP contribution in [0.2, 0.25) is 0 Å². The van der Waals surface area contributed by atoms with Crippen LogP contribution in [0.15, 0.2) is 42.5 Å². The van der Waals surface area contributed by atoms with Gasteiger partial charge < -0.3 is 19.7 Å². The number of fused-ring (bicyclic) bond motifs is 1. The van der Waals surface area contributed by atoms with E-state index in [0.29, 0.717) is 30.2 Å². The van der Waals surface area contributed by atoms with E-state index in [1.807, 2.05) is 52.0 Å². The van der Waals surface area contributed by atoms with Crippen molar-refractivity contribution >= 4 is 27.5 Å². The minimum atomic E-state index is -3.82. The third-order valence-electron chi connectivity index (χ3n) is 6.13. The first-order chi connectivity index (χ1) is 17.6. The van der Waals surface area contributed by atoms with Crippen LogP contribution in [0.25, 0.3) is 0 Å². The van der Waals surface area contributed by atoms with Crippen LogP contribution in [0.1, 0.15) is 45.2 Å². The van der Waals surface area contributed by atoms with Gasteiger partial charge in [0.15, 0.2) is 11.5 Å². The number of ether oxygens (including phenoxy) is 2. The van der Waals surface area contributed by atoms with E-state index in [1.165, 1.54) is 11.8 Å². The average molecular weight is 532 g/mol. The topological polar surface area (TPSA) is 105 Å². The van der Waals surface area contributed by atoms with Crippen LogP contribution in [0, 0.1) is 12.8 Å². The van der Waals surface area contributed by atoms with E-state index in [4.69, 9.17) is 9.47 Å². The van der Waals surface area contributed by atoms with Crippen molar-refractivity contribution in [2.24, 2.45) is 5.92 Å². The van der Waals surface area contributed by atoms with Crippen molar-refractivity contribution in [1.29, 1.82) is 0 Å². The van der Waals surface area contributed by atoms with Gasteiger partial charge in [0, 0.05) is 19.2 Å². The van der Waals surface area contributed by atoms with Crippen LogP contribution >= 0.6 is 0 Å². The first kappa shape index (κ1) is 28.3. The molecule has 0 spiro atoms. The Bertz CT molecular complexity index is 1210. The highest BCUT2D eigenvalue weighted by Gasteiger charge is 2.33. The molecule has 1 N–H and O–H groups in total. The predicted molar refractivity (Wildman–Crippen MR) is 143 cm³/mol. The van der Waals surface area contributed by atoms with Crippen molar-refractivity contribution in [3.63, 3.8) is 0 Å². The third-order valence-corrected chi connectivity index (χ3v) is 7.87. The van der Waals surface area contributed by atoms with E-state index in [1.54, 1.807) is 18.2 Å². The summed E-state index contributed by atoms with van der Waals surface area (Å²) in [6, 6.07) is 11.7. The van der Waals surface area contributed by atoms with E-state index in [-0.39, 0.29) is 30.9 Å². The lowest BCUT2D eigenvalue weighted by Crippen LogP contribution is -2.52. The zero-order chi connectivity index (χ0) is 27.2. The van der Waals surface area contributed by atoms with Crippen molar-refractivity contribution in [3.05, 3.63) is 53.6 Å². The molecular formula is C27H37N3O6S. The Morgan fingerprint density at radius 3 is 2.43 bits per heavy atom. The molecule has 0 fully saturated rings. The monoisotopic (exact) mass is 531 g/mol. The number of anilines is 1. The second-order valence-corrected chi connectivity index (χ2v) is 11.7. The van der Waals surface area contributed by atoms with E-state index < -0.39 is 28.5 Å². The number of carbonyl (C=O) groups is 2. The predicted octanol–water partition coefficient (Wildman–Crippen LogP) is 3.46. The molecule has 2 aromatic carbocycles. The minimum Gasteiger partial charge on any atom is -0.454 e. The lowest BCUT2D eigenvalue weighted by Gasteiger charge is -2.33. The first-order valence-corrected chi connectivity index (χ1v) is 14.2. The molecule has 1 aliphatic rings. The van der Waals surface area contributed by atoms with Gasteiger partial charge in [-0.3, -0.25) is 13.9 Å². The number of amides is 2. The Hall–Kier alpha value is -3.27. The van der Waals surface area contributed by atoms with Crippen molar-refractivity contribution in [1.82, 2.24) is 10.2 Å². The maximum atomic E-state index is 13.8. The van der Waals surface area contributed by atoms with Gasteiger partial charge in [-0.05, 0) is 43.9 Å². The SMILES string of the molecule is CCC(C(=O)NCC(C)C)N(Cc1cccc(C)c1)C(=O)CN(c1ccc2c(c1)OCO2)S(=O)(=O)CC. The summed E-state index contributed by atoms with van der Waals surface area (Å²) in [4.78, 5) is 28.5. The van der Waals surface area contributed by atoms with Gasteiger partial charge in [-0.1, -0.05) is 50.6 Å². The highest BCUT2D eigenvalue weighted by atomic mass is 32.2. The van der Waals surface area contributed by atoms with E-state index in [0.717, 1.165) is 15.4 Å². The van der Waals surface area contributed by atoms with Gasteiger partial charge in [0.2, 0.25) is 28.6 Å². The van der Waals surface area contributed by atoms with Gasteiger partial charge in [-0.2, -0.15) is 0 Å². The second kappa shape index (κ2) is 12.3. The van der Waals surface area contributed by atoms with Crippen LogP contribution in [-0.2, 0) is 26.2 Å². The number of nitrogens with one attached hydrogen (secondary N) is 1. The summed E-state index contributed by atoms with van der Waals surface area (Å²) >= 11 is 0.